The fraction of sp³-hybridized carbons (Fsp3) is 0.909. The first-order chi connectivity index (χ1) is 6.01. The monoisotopic (exact) mass is 182 g/mol. The first-order valence-corrected chi connectivity index (χ1v) is 5.22. The molecular formula is C11H18O2. The van der Waals surface area contributed by atoms with Gasteiger partial charge in [0.2, 0.25) is 0 Å². The standard InChI is InChI=1S/C11H18O2/c1-10-6-3-4-8(12)11(10,2)7-5-9(10)13/h8,12H,3-7H2,1-2H3/t8?,10-,11?/m1/s1. The lowest BCUT2D eigenvalue weighted by Gasteiger charge is -2.47. The Labute approximate surface area is 79.3 Å². The van der Waals surface area contributed by atoms with E-state index in [1.54, 1.807) is 0 Å². The summed E-state index contributed by atoms with van der Waals surface area (Å²) in [7, 11) is 0. The number of carbonyl (C=O) groups is 1. The van der Waals surface area contributed by atoms with Crippen LogP contribution in [0.3, 0.4) is 0 Å². The third kappa shape index (κ3) is 0.954. The molecule has 0 aromatic carbocycles. The van der Waals surface area contributed by atoms with E-state index >= 15 is 0 Å². The highest BCUT2D eigenvalue weighted by atomic mass is 16.3. The van der Waals surface area contributed by atoms with Crippen molar-refractivity contribution in [2.24, 2.45) is 10.8 Å². The van der Waals surface area contributed by atoms with E-state index in [9.17, 15) is 9.90 Å². The molecule has 3 atom stereocenters. The normalized spacial score (nSPS) is 50.7. The number of rotatable bonds is 0. The maximum Gasteiger partial charge on any atom is 0.139 e. The molecule has 2 rings (SSSR count). The van der Waals surface area contributed by atoms with Crippen molar-refractivity contribution < 1.29 is 9.90 Å². The minimum absolute atomic E-state index is 0.137. The molecule has 13 heavy (non-hydrogen) atoms. The highest BCUT2D eigenvalue weighted by Gasteiger charge is 2.58. The maximum atomic E-state index is 11.8. The number of carbonyl (C=O) groups excluding carboxylic acids is 1. The minimum atomic E-state index is -0.266. The van der Waals surface area contributed by atoms with Gasteiger partial charge in [-0.05, 0) is 25.7 Å². The van der Waals surface area contributed by atoms with Gasteiger partial charge in [-0.1, -0.05) is 13.8 Å². The van der Waals surface area contributed by atoms with Crippen LogP contribution < -0.4 is 0 Å². The Balaban J connectivity index is 2.40. The van der Waals surface area contributed by atoms with Crippen molar-refractivity contribution in [1.82, 2.24) is 0 Å². The Kier molecular flexibility index (Phi) is 1.82. The highest BCUT2D eigenvalue weighted by Crippen LogP contribution is 2.58. The Morgan fingerprint density at radius 3 is 2.69 bits per heavy atom. The number of aliphatic hydroxyl groups is 1. The predicted octanol–water partition coefficient (Wildman–Crippen LogP) is 1.91. The Morgan fingerprint density at radius 2 is 2.08 bits per heavy atom. The third-order valence-electron chi connectivity index (χ3n) is 4.64. The topological polar surface area (TPSA) is 37.3 Å². The van der Waals surface area contributed by atoms with Crippen LogP contribution in [-0.2, 0) is 4.79 Å². The first kappa shape index (κ1) is 9.20. The Hall–Kier alpha value is -0.370. The van der Waals surface area contributed by atoms with Crippen LogP contribution in [0.15, 0.2) is 0 Å². The van der Waals surface area contributed by atoms with Gasteiger partial charge in [-0.3, -0.25) is 4.79 Å². The molecule has 0 saturated heterocycles. The van der Waals surface area contributed by atoms with Crippen LogP contribution in [0.1, 0.15) is 46.0 Å². The molecule has 2 heteroatoms. The van der Waals surface area contributed by atoms with Crippen LogP contribution in [0.2, 0.25) is 0 Å². The summed E-state index contributed by atoms with van der Waals surface area (Å²) in [6.07, 6.45) is 4.13. The van der Waals surface area contributed by atoms with E-state index in [0.717, 1.165) is 25.7 Å². The number of hydrogen-bond acceptors (Lipinski definition) is 2. The van der Waals surface area contributed by atoms with Crippen molar-refractivity contribution in [3.63, 3.8) is 0 Å². The fourth-order valence-electron chi connectivity index (χ4n) is 3.17. The zero-order valence-electron chi connectivity index (χ0n) is 8.47. The van der Waals surface area contributed by atoms with Crippen molar-refractivity contribution in [3.8, 4) is 0 Å². The van der Waals surface area contributed by atoms with Gasteiger partial charge in [-0.15, -0.1) is 0 Å². The second-order valence-corrected chi connectivity index (χ2v) is 5.08. The molecule has 2 saturated carbocycles. The van der Waals surface area contributed by atoms with Crippen molar-refractivity contribution in [2.75, 3.05) is 0 Å². The molecule has 2 nitrogen and oxygen atoms in total. The summed E-state index contributed by atoms with van der Waals surface area (Å²) in [5.74, 6) is 0.369. The van der Waals surface area contributed by atoms with Gasteiger partial charge in [0.1, 0.15) is 5.78 Å². The van der Waals surface area contributed by atoms with Crippen LogP contribution in [0.4, 0.5) is 0 Å². The van der Waals surface area contributed by atoms with Gasteiger partial charge in [0.05, 0.1) is 6.10 Å². The van der Waals surface area contributed by atoms with Gasteiger partial charge in [0, 0.05) is 17.3 Å². The van der Waals surface area contributed by atoms with Gasteiger partial charge in [0.25, 0.3) is 0 Å². The summed E-state index contributed by atoms with van der Waals surface area (Å²) < 4.78 is 0. The van der Waals surface area contributed by atoms with Crippen LogP contribution >= 0.6 is 0 Å². The molecule has 2 fully saturated rings. The molecule has 0 bridgehead atoms. The largest absolute Gasteiger partial charge is 0.393 e. The summed E-state index contributed by atoms with van der Waals surface area (Å²) in [5.41, 5.74) is -0.368. The van der Waals surface area contributed by atoms with Gasteiger partial charge in [-0.2, -0.15) is 0 Å². The molecule has 0 amide bonds. The lowest BCUT2D eigenvalue weighted by atomic mass is 9.58. The van der Waals surface area contributed by atoms with E-state index in [1.165, 1.54) is 0 Å². The first-order valence-electron chi connectivity index (χ1n) is 5.22. The van der Waals surface area contributed by atoms with Crippen LogP contribution in [0.25, 0.3) is 0 Å². The van der Waals surface area contributed by atoms with Crippen LogP contribution in [-0.4, -0.2) is 17.0 Å². The predicted molar refractivity (Wildman–Crippen MR) is 50.3 cm³/mol. The fourth-order valence-corrected chi connectivity index (χ4v) is 3.17. The van der Waals surface area contributed by atoms with Gasteiger partial charge >= 0.3 is 0 Å². The molecule has 0 heterocycles. The molecule has 0 aromatic rings. The average Bonchev–Trinajstić information content (AvgIpc) is 2.31. The molecule has 1 N–H and O–H groups in total. The zero-order chi connectivity index (χ0) is 9.69. The number of hydrogen-bond donors (Lipinski definition) is 1. The zero-order valence-corrected chi connectivity index (χ0v) is 8.47. The quantitative estimate of drug-likeness (QED) is 0.621. The molecule has 74 valence electrons. The lowest BCUT2D eigenvalue weighted by Crippen LogP contribution is -2.48. The van der Waals surface area contributed by atoms with Crippen molar-refractivity contribution in [3.05, 3.63) is 0 Å². The van der Waals surface area contributed by atoms with Crippen molar-refractivity contribution in [1.29, 1.82) is 0 Å². The lowest BCUT2D eigenvalue weighted by molar-refractivity contribution is -0.138. The molecule has 2 aliphatic carbocycles. The summed E-state index contributed by atoms with van der Waals surface area (Å²) in [6, 6.07) is 0. The molecule has 0 aliphatic heterocycles. The van der Waals surface area contributed by atoms with Gasteiger partial charge in [0.15, 0.2) is 0 Å². The number of aliphatic hydroxyl groups excluding tert-OH is 1. The Bertz CT molecular complexity index is 248. The maximum absolute atomic E-state index is 11.8. The SMILES string of the molecule is CC12CCC(=O)[C@@]1(C)CCCC2O. The number of ketones is 1. The van der Waals surface area contributed by atoms with E-state index in [1.807, 2.05) is 6.92 Å². The second-order valence-electron chi connectivity index (χ2n) is 5.08. The molecule has 0 aromatic heterocycles. The molecule has 0 spiro atoms. The highest BCUT2D eigenvalue weighted by molar-refractivity contribution is 5.88. The van der Waals surface area contributed by atoms with E-state index < -0.39 is 0 Å². The molecular weight excluding hydrogens is 164 g/mol. The second kappa shape index (κ2) is 2.57. The number of Topliss-reactive ketones (excluding diaryl/α,β-unsaturated/α-hetero) is 1. The van der Waals surface area contributed by atoms with E-state index in [-0.39, 0.29) is 16.9 Å². The van der Waals surface area contributed by atoms with E-state index in [4.69, 9.17) is 0 Å². The van der Waals surface area contributed by atoms with Crippen molar-refractivity contribution >= 4 is 5.78 Å². The van der Waals surface area contributed by atoms with E-state index in [0.29, 0.717) is 12.2 Å². The van der Waals surface area contributed by atoms with E-state index in [2.05, 4.69) is 6.92 Å². The van der Waals surface area contributed by atoms with Crippen LogP contribution in [0, 0.1) is 10.8 Å². The summed E-state index contributed by atoms with van der Waals surface area (Å²) in [5, 5.41) is 9.97. The molecule has 0 radical (unpaired) electrons. The third-order valence-corrected chi connectivity index (χ3v) is 4.64. The van der Waals surface area contributed by atoms with Gasteiger partial charge in [-0.25, -0.2) is 0 Å². The molecule has 2 aliphatic rings. The number of fused-ring (bicyclic) bond motifs is 1. The average molecular weight is 182 g/mol. The summed E-state index contributed by atoms with van der Waals surface area (Å²) in [6.45, 7) is 4.13. The summed E-state index contributed by atoms with van der Waals surface area (Å²) >= 11 is 0. The Morgan fingerprint density at radius 1 is 1.38 bits per heavy atom. The van der Waals surface area contributed by atoms with Crippen LogP contribution in [0.5, 0.6) is 0 Å². The molecule has 2 unspecified atom stereocenters. The van der Waals surface area contributed by atoms with Gasteiger partial charge < -0.3 is 5.11 Å². The van der Waals surface area contributed by atoms with Crippen molar-refractivity contribution in [2.45, 2.75) is 52.1 Å². The minimum Gasteiger partial charge on any atom is -0.393 e. The summed E-state index contributed by atoms with van der Waals surface area (Å²) in [4.78, 5) is 11.8. The smallest absolute Gasteiger partial charge is 0.139 e.